The van der Waals surface area contributed by atoms with Crippen LogP contribution < -0.4 is 5.32 Å². The van der Waals surface area contributed by atoms with Gasteiger partial charge >= 0.3 is 0 Å². The van der Waals surface area contributed by atoms with E-state index in [2.05, 4.69) is 12.2 Å². The fraction of sp³-hybridized carbons (Fsp3) is 0.591. The van der Waals surface area contributed by atoms with E-state index in [-0.39, 0.29) is 29.6 Å². The molecule has 6 nitrogen and oxygen atoms in total. The Labute approximate surface area is 167 Å². The van der Waals surface area contributed by atoms with E-state index in [0.717, 1.165) is 24.9 Å². The van der Waals surface area contributed by atoms with Crippen LogP contribution in [0.4, 0.5) is 0 Å². The predicted molar refractivity (Wildman–Crippen MR) is 107 cm³/mol. The molecule has 0 aromatic heterocycles. The topological polar surface area (TPSA) is 69.7 Å². The van der Waals surface area contributed by atoms with Crippen molar-refractivity contribution >= 4 is 17.7 Å². The Kier molecular flexibility index (Phi) is 7.06. The van der Waals surface area contributed by atoms with Gasteiger partial charge in [0.2, 0.25) is 17.7 Å². The van der Waals surface area contributed by atoms with Crippen LogP contribution >= 0.6 is 0 Å². The highest BCUT2D eigenvalue weighted by atomic mass is 16.2. The highest BCUT2D eigenvalue weighted by molar-refractivity contribution is 5.89. The van der Waals surface area contributed by atoms with E-state index in [9.17, 15) is 14.4 Å². The zero-order valence-corrected chi connectivity index (χ0v) is 16.7. The number of nitrogens with zero attached hydrogens (tertiary/aromatic N) is 2. The van der Waals surface area contributed by atoms with Crippen LogP contribution in [0.5, 0.6) is 0 Å². The molecule has 2 saturated heterocycles. The molecule has 1 aromatic rings. The van der Waals surface area contributed by atoms with Gasteiger partial charge in [0.05, 0.1) is 5.92 Å². The normalized spacial score (nSPS) is 20.5. The van der Waals surface area contributed by atoms with Gasteiger partial charge < -0.3 is 15.1 Å². The van der Waals surface area contributed by atoms with E-state index >= 15 is 0 Å². The third kappa shape index (κ3) is 5.12. The highest BCUT2D eigenvalue weighted by Crippen LogP contribution is 2.25. The number of unbranched alkanes of at least 4 members (excludes halogenated alkanes) is 1. The van der Waals surface area contributed by atoms with E-state index in [4.69, 9.17) is 0 Å². The largest absolute Gasteiger partial charge is 0.356 e. The molecule has 0 radical (unpaired) electrons. The standard InChI is InChI=1S/C22H31N3O3/c1-2-3-11-23-21(27)18-9-12-24(13-10-18)22(28)19-14-20(26)25(16-19)15-17-7-5-4-6-8-17/h4-8,18-19H,2-3,9-16H2,1H3,(H,23,27). The summed E-state index contributed by atoms with van der Waals surface area (Å²) in [6.45, 7) is 5.09. The van der Waals surface area contributed by atoms with Gasteiger partial charge in [-0.2, -0.15) is 0 Å². The van der Waals surface area contributed by atoms with E-state index in [1.54, 1.807) is 4.90 Å². The molecule has 1 aromatic carbocycles. The monoisotopic (exact) mass is 385 g/mol. The molecule has 28 heavy (non-hydrogen) atoms. The summed E-state index contributed by atoms with van der Waals surface area (Å²) in [5, 5.41) is 2.99. The van der Waals surface area contributed by atoms with Gasteiger partial charge in [0.25, 0.3) is 0 Å². The molecule has 152 valence electrons. The number of likely N-dealkylation sites (tertiary alicyclic amines) is 2. The van der Waals surface area contributed by atoms with E-state index in [1.807, 2.05) is 35.2 Å². The molecule has 1 N–H and O–H groups in total. The molecule has 1 unspecified atom stereocenters. The lowest BCUT2D eigenvalue weighted by atomic mass is 9.94. The third-order valence-corrected chi connectivity index (χ3v) is 5.79. The van der Waals surface area contributed by atoms with Gasteiger partial charge in [-0.1, -0.05) is 43.7 Å². The molecule has 0 saturated carbocycles. The molecule has 3 rings (SSSR count). The number of carbonyl (C=O) groups is 3. The molecule has 2 aliphatic heterocycles. The second kappa shape index (κ2) is 9.71. The lowest BCUT2D eigenvalue weighted by Crippen LogP contribution is -2.45. The van der Waals surface area contributed by atoms with Crippen LogP contribution in [0.25, 0.3) is 0 Å². The first-order chi connectivity index (χ1) is 13.6. The first-order valence-electron chi connectivity index (χ1n) is 10.5. The Balaban J connectivity index is 1.46. The number of benzene rings is 1. The van der Waals surface area contributed by atoms with Crippen molar-refractivity contribution in [2.75, 3.05) is 26.2 Å². The zero-order valence-electron chi connectivity index (χ0n) is 16.7. The van der Waals surface area contributed by atoms with Gasteiger partial charge in [-0.05, 0) is 24.8 Å². The molecule has 0 aliphatic carbocycles. The minimum atomic E-state index is -0.258. The summed E-state index contributed by atoms with van der Waals surface area (Å²) in [6, 6.07) is 9.87. The fourth-order valence-electron chi connectivity index (χ4n) is 4.05. The average Bonchev–Trinajstić information content (AvgIpc) is 3.08. The third-order valence-electron chi connectivity index (χ3n) is 5.79. The fourth-order valence-corrected chi connectivity index (χ4v) is 4.05. The summed E-state index contributed by atoms with van der Waals surface area (Å²) in [6.07, 6.45) is 3.77. The second-order valence-corrected chi connectivity index (χ2v) is 7.91. The van der Waals surface area contributed by atoms with Gasteiger partial charge in [0, 0.05) is 45.1 Å². The molecular weight excluding hydrogens is 354 g/mol. The highest BCUT2D eigenvalue weighted by Gasteiger charge is 2.38. The Bertz CT molecular complexity index is 684. The molecule has 6 heteroatoms. The van der Waals surface area contributed by atoms with Crippen molar-refractivity contribution in [2.45, 2.75) is 45.6 Å². The van der Waals surface area contributed by atoms with Gasteiger partial charge in [-0.25, -0.2) is 0 Å². The number of amides is 3. The maximum atomic E-state index is 12.9. The molecule has 3 amide bonds. The molecule has 2 heterocycles. The van der Waals surface area contributed by atoms with Crippen LogP contribution in [-0.2, 0) is 20.9 Å². The van der Waals surface area contributed by atoms with E-state index in [0.29, 0.717) is 45.4 Å². The lowest BCUT2D eigenvalue weighted by Gasteiger charge is -2.33. The van der Waals surface area contributed by atoms with Crippen molar-refractivity contribution in [2.24, 2.45) is 11.8 Å². The maximum Gasteiger partial charge on any atom is 0.227 e. The Hall–Kier alpha value is -2.37. The van der Waals surface area contributed by atoms with Crippen molar-refractivity contribution in [3.05, 3.63) is 35.9 Å². The van der Waals surface area contributed by atoms with Crippen molar-refractivity contribution in [1.29, 1.82) is 0 Å². The van der Waals surface area contributed by atoms with Gasteiger partial charge in [-0.3, -0.25) is 14.4 Å². The number of hydrogen-bond donors (Lipinski definition) is 1. The van der Waals surface area contributed by atoms with Crippen molar-refractivity contribution in [3.8, 4) is 0 Å². The molecule has 2 fully saturated rings. The Morgan fingerprint density at radius 2 is 1.82 bits per heavy atom. The van der Waals surface area contributed by atoms with Crippen LogP contribution in [0, 0.1) is 11.8 Å². The lowest BCUT2D eigenvalue weighted by molar-refractivity contribution is -0.139. The van der Waals surface area contributed by atoms with Crippen LogP contribution in [0.15, 0.2) is 30.3 Å². The number of rotatable bonds is 7. The van der Waals surface area contributed by atoms with Gasteiger partial charge in [-0.15, -0.1) is 0 Å². The smallest absolute Gasteiger partial charge is 0.227 e. The minimum Gasteiger partial charge on any atom is -0.356 e. The Morgan fingerprint density at radius 3 is 2.50 bits per heavy atom. The van der Waals surface area contributed by atoms with Crippen LogP contribution in [-0.4, -0.2) is 53.7 Å². The summed E-state index contributed by atoms with van der Waals surface area (Å²) >= 11 is 0. The minimum absolute atomic E-state index is 0.000644. The second-order valence-electron chi connectivity index (χ2n) is 7.91. The van der Waals surface area contributed by atoms with Gasteiger partial charge in [0.1, 0.15) is 0 Å². The molecular formula is C22H31N3O3. The summed E-state index contributed by atoms with van der Waals surface area (Å²) in [5.41, 5.74) is 1.08. The predicted octanol–water partition coefficient (Wildman–Crippen LogP) is 2.19. The van der Waals surface area contributed by atoms with Crippen molar-refractivity contribution in [1.82, 2.24) is 15.1 Å². The summed E-state index contributed by atoms with van der Waals surface area (Å²) < 4.78 is 0. The number of nitrogens with one attached hydrogen (secondary N) is 1. The first-order valence-corrected chi connectivity index (χ1v) is 10.5. The molecule has 1 atom stereocenters. The van der Waals surface area contributed by atoms with Crippen molar-refractivity contribution in [3.63, 3.8) is 0 Å². The van der Waals surface area contributed by atoms with Crippen LogP contribution in [0.3, 0.4) is 0 Å². The Morgan fingerprint density at radius 1 is 1.11 bits per heavy atom. The summed E-state index contributed by atoms with van der Waals surface area (Å²) in [7, 11) is 0. The van der Waals surface area contributed by atoms with E-state index < -0.39 is 0 Å². The number of piperidine rings is 1. The first kappa shape index (κ1) is 20.4. The van der Waals surface area contributed by atoms with Crippen LogP contribution in [0.2, 0.25) is 0 Å². The molecule has 0 bridgehead atoms. The average molecular weight is 386 g/mol. The summed E-state index contributed by atoms with van der Waals surface area (Å²) in [5.74, 6) is -0.0291. The quantitative estimate of drug-likeness (QED) is 0.732. The molecule has 0 spiro atoms. The van der Waals surface area contributed by atoms with E-state index in [1.165, 1.54) is 0 Å². The van der Waals surface area contributed by atoms with Crippen LogP contribution in [0.1, 0.15) is 44.6 Å². The number of hydrogen-bond acceptors (Lipinski definition) is 3. The summed E-state index contributed by atoms with van der Waals surface area (Å²) in [4.78, 5) is 41.1. The zero-order chi connectivity index (χ0) is 19.9. The SMILES string of the molecule is CCCCNC(=O)C1CCN(C(=O)C2CC(=O)N(Cc3ccccc3)C2)CC1. The maximum absolute atomic E-state index is 12.9. The molecule has 2 aliphatic rings. The number of carbonyl (C=O) groups excluding carboxylic acids is 3. The van der Waals surface area contributed by atoms with Crippen molar-refractivity contribution < 1.29 is 14.4 Å². The van der Waals surface area contributed by atoms with Gasteiger partial charge in [0.15, 0.2) is 0 Å².